The zero-order valence-electron chi connectivity index (χ0n) is 34.8. The molecule has 3 atom stereocenters. The van der Waals surface area contributed by atoms with Crippen molar-refractivity contribution < 1.29 is 32.9 Å². The van der Waals surface area contributed by atoms with Gasteiger partial charge in [-0.1, -0.05) is 121 Å². The summed E-state index contributed by atoms with van der Waals surface area (Å²) in [6.07, 6.45) is 0.117. The first kappa shape index (κ1) is 43.3. The Balaban J connectivity index is 1.25. The van der Waals surface area contributed by atoms with Gasteiger partial charge >= 0.3 is 12.8 Å². The van der Waals surface area contributed by atoms with Crippen LogP contribution in [0.4, 0.5) is 5.95 Å². The third kappa shape index (κ3) is 9.37. The van der Waals surface area contributed by atoms with E-state index in [0.29, 0.717) is 32.8 Å². The smallest absolute Gasteiger partial charge is 0.363 e. The standard InChI is InChI=1S/C46H49ClN7O7P/c1-45(2,3)43(56)61-42-40-41(50-44(51-42)49-38(55)28-33-16-8-4-9-17-33)54(32-48-40)39-30-52(29-37(60-39)31-59-62(47,57)53-24-26-58-27-25-53)46(34-18-10-5-11-19-34,35-20-12-6-13-21-35)36-22-14-7-15-23-36/h4-23,32,37,39H,24-31H2,1-3H3,(H,49,50,51,55). The second-order valence-corrected chi connectivity index (χ2v) is 19.3. The molecule has 0 saturated carbocycles. The van der Waals surface area contributed by atoms with Crippen LogP contribution in [0.15, 0.2) is 128 Å². The van der Waals surface area contributed by atoms with Crippen LogP contribution in [0.3, 0.4) is 0 Å². The van der Waals surface area contributed by atoms with Gasteiger partial charge in [-0.2, -0.15) is 9.97 Å². The number of anilines is 1. The molecule has 2 fully saturated rings. The van der Waals surface area contributed by atoms with E-state index in [4.69, 9.17) is 35.0 Å². The Labute approximate surface area is 365 Å². The number of ether oxygens (including phenoxy) is 3. The lowest BCUT2D eigenvalue weighted by Crippen LogP contribution is -2.57. The van der Waals surface area contributed by atoms with Gasteiger partial charge < -0.3 is 18.7 Å². The van der Waals surface area contributed by atoms with Crippen molar-refractivity contribution in [3.05, 3.63) is 150 Å². The first-order valence-corrected chi connectivity index (χ1v) is 23.0. The summed E-state index contributed by atoms with van der Waals surface area (Å²) in [6, 6.07) is 40.1. The fourth-order valence-corrected chi connectivity index (χ4v) is 9.67. The molecule has 4 aromatic carbocycles. The number of nitrogens with zero attached hydrogens (tertiary/aromatic N) is 6. The number of benzene rings is 4. The number of hydrogen-bond acceptors (Lipinski definition) is 11. The van der Waals surface area contributed by atoms with Crippen LogP contribution in [0.2, 0.25) is 0 Å². The van der Waals surface area contributed by atoms with Crippen molar-refractivity contribution in [1.82, 2.24) is 29.1 Å². The number of aromatic nitrogens is 4. The van der Waals surface area contributed by atoms with Crippen molar-refractivity contribution in [3.8, 4) is 5.88 Å². The highest BCUT2D eigenvalue weighted by molar-refractivity contribution is 7.83. The average molecular weight is 878 g/mol. The minimum absolute atomic E-state index is 0.0659. The van der Waals surface area contributed by atoms with E-state index in [1.165, 1.54) is 0 Å². The SMILES string of the molecule is CC(C)(C)C(=O)Oc1nc(NC(=O)Cc2ccccc2)nc2c1ncn2C1CN(C(c2ccccc2)(c2ccccc2)c2ccccc2)CC(COP(=O)(Cl)N2CCOCC2)O1. The lowest BCUT2D eigenvalue weighted by atomic mass is 9.75. The van der Waals surface area contributed by atoms with Crippen molar-refractivity contribution >= 4 is 47.1 Å². The molecule has 2 aliphatic rings. The number of morpholine rings is 2. The number of nitrogens with one attached hydrogen (secondary N) is 1. The minimum Gasteiger partial charge on any atom is -0.404 e. The third-order valence-electron chi connectivity index (χ3n) is 10.9. The molecule has 16 heteroatoms. The number of carbonyl (C=O) groups excluding carboxylic acids is 2. The molecule has 0 bridgehead atoms. The van der Waals surface area contributed by atoms with Crippen LogP contribution >= 0.6 is 18.1 Å². The van der Waals surface area contributed by atoms with Crippen molar-refractivity contribution in [2.45, 2.75) is 45.1 Å². The summed E-state index contributed by atoms with van der Waals surface area (Å²) in [6.45, 7) is 3.44. The quantitative estimate of drug-likeness (QED) is 0.0684. The fourth-order valence-electron chi connectivity index (χ4n) is 7.89. The van der Waals surface area contributed by atoms with E-state index in [-0.39, 0.29) is 48.5 Å². The Hall–Kier alpha value is -5.31. The first-order valence-electron chi connectivity index (χ1n) is 20.6. The number of esters is 1. The van der Waals surface area contributed by atoms with Crippen LogP contribution in [0.25, 0.3) is 11.2 Å². The lowest BCUT2D eigenvalue weighted by Gasteiger charge is -2.50. The number of fused-ring (bicyclic) bond motifs is 1. The fraction of sp³-hybridized carbons (Fsp3) is 0.326. The summed E-state index contributed by atoms with van der Waals surface area (Å²) in [5.74, 6) is -1.10. The summed E-state index contributed by atoms with van der Waals surface area (Å²) in [7, 11) is 0. The maximum atomic E-state index is 13.9. The van der Waals surface area contributed by atoms with Gasteiger partial charge in [0.05, 0.1) is 49.6 Å². The van der Waals surface area contributed by atoms with E-state index in [1.807, 2.05) is 84.9 Å². The molecule has 2 aromatic heterocycles. The molecular weight excluding hydrogens is 829 g/mol. The lowest BCUT2D eigenvalue weighted by molar-refractivity contribution is -0.145. The van der Waals surface area contributed by atoms with Crippen LogP contribution in [0.5, 0.6) is 5.88 Å². The largest absolute Gasteiger partial charge is 0.404 e. The number of hydrogen-bond donors (Lipinski definition) is 1. The van der Waals surface area contributed by atoms with Crippen LogP contribution in [-0.2, 0) is 40.1 Å². The third-order valence-corrected chi connectivity index (χ3v) is 13.4. The average Bonchev–Trinajstić information content (AvgIpc) is 3.72. The van der Waals surface area contributed by atoms with Gasteiger partial charge in [-0.15, -0.1) is 0 Å². The van der Waals surface area contributed by atoms with Gasteiger partial charge in [0.25, 0.3) is 5.88 Å². The molecule has 14 nitrogen and oxygen atoms in total. The Morgan fingerprint density at radius 3 is 1.95 bits per heavy atom. The van der Waals surface area contributed by atoms with E-state index in [2.05, 4.69) is 56.6 Å². The molecule has 0 spiro atoms. The van der Waals surface area contributed by atoms with E-state index in [0.717, 1.165) is 22.3 Å². The van der Waals surface area contributed by atoms with E-state index in [9.17, 15) is 14.2 Å². The molecule has 8 rings (SSSR count). The number of amides is 1. The Bertz CT molecular complexity index is 2420. The molecular formula is C46H49ClN7O7P. The van der Waals surface area contributed by atoms with Crippen molar-refractivity contribution in [3.63, 3.8) is 0 Å². The van der Waals surface area contributed by atoms with Crippen molar-refractivity contribution in [1.29, 1.82) is 0 Å². The van der Waals surface area contributed by atoms with Gasteiger partial charge in [0, 0.05) is 26.2 Å². The molecule has 1 N–H and O–H groups in total. The van der Waals surface area contributed by atoms with Gasteiger partial charge in [-0.05, 0) is 54.3 Å². The molecule has 2 saturated heterocycles. The highest BCUT2D eigenvalue weighted by atomic mass is 35.7. The highest BCUT2D eigenvalue weighted by Gasteiger charge is 2.47. The molecule has 3 unspecified atom stereocenters. The Morgan fingerprint density at radius 2 is 1.39 bits per heavy atom. The summed E-state index contributed by atoms with van der Waals surface area (Å²) in [4.78, 5) is 43.0. The molecule has 0 radical (unpaired) electrons. The number of rotatable bonds is 13. The number of imidazole rings is 1. The zero-order chi connectivity index (χ0) is 43.3. The van der Waals surface area contributed by atoms with E-state index >= 15 is 0 Å². The molecule has 6 aromatic rings. The monoisotopic (exact) mass is 877 g/mol. The number of halogens is 1. The van der Waals surface area contributed by atoms with Gasteiger partial charge in [0.1, 0.15) is 6.23 Å². The van der Waals surface area contributed by atoms with Crippen molar-refractivity contribution in [2.24, 2.45) is 5.41 Å². The van der Waals surface area contributed by atoms with Gasteiger partial charge in [0.15, 0.2) is 11.2 Å². The molecule has 62 heavy (non-hydrogen) atoms. The van der Waals surface area contributed by atoms with Crippen LogP contribution in [-0.4, -0.2) is 93.1 Å². The minimum atomic E-state index is -3.77. The van der Waals surface area contributed by atoms with Gasteiger partial charge in [0.2, 0.25) is 11.9 Å². The van der Waals surface area contributed by atoms with E-state index < -0.39 is 36.1 Å². The second-order valence-electron chi connectivity index (χ2n) is 16.3. The molecule has 322 valence electrons. The number of carbonyl (C=O) groups is 2. The van der Waals surface area contributed by atoms with Gasteiger partial charge in [-0.25, -0.2) is 9.65 Å². The molecule has 0 aliphatic carbocycles. The zero-order valence-corrected chi connectivity index (χ0v) is 36.5. The topological polar surface area (TPSA) is 150 Å². The van der Waals surface area contributed by atoms with Crippen LogP contribution < -0.4 is 10.1 Å². The summed E-state index contributed by atoms with van der Waals surface area (Å²) >= 11 is 6.69. The maximum Gasteiger partial charge on any atom is 0.363 e. The predicted molar refractivity (Wildman–Crippen MR) is 236 cm³/mol. The summed E-state index contributed by atoms with van der Waals surface area (Å²) in [5.41, 5.74) is 2.50. The Kier molecular flexibility index (Phi) is 13.0. The summed E-state index contributed by atoms with van der Waals surface area (Å²) < 4.78 is 41.7. The highest BCUT2D eigenvalue weighted by Crippen LogP contribution is 2.56. The normalized spacial score (nSPS) is 18.8. The van der Waals surface area contributed by atoms with Gasteiger partial charge in [-0.3, -0.25) is 28.9 Å². The van der Waals surface area contributed by atoms with Crippen LogP contribution in [0, 0.1) is 5.41 Å². The predicted octanol–water partition coefficient (Wildman–Crippen LogP) is 7.85. The first-order chi connectivity index (χ1) is 29.9. The van der Waals surface area contributed by atoms with Crippen LogP contribution in [0.1, 0.15) is 49.3 Å². The van der Waals surface area contributed by atoms with Crippen molar-refractivity contribution in [2.75, 3.05) is 51.3 Å². The molecule has 2 aliphatic heterocycles. The molecule has 4 heterocycles. The van der Waals surface area contributed by atoms with E-state index in [1.54, 1.807) is 36.3 Å². The Morgan fingerprint density at radius 1 is 0.823 bits per heavy atom. The summed E-state index contributed by atoms with van der Waals surface area (Å²) in [5, 5.41) is 2.81. The second kappa shape index (κ2) is 18.6. The maximum absolute atomic E-state index is 13.9. The molecule has 1 amide bonds.